The molecule has 0 unspecified atom stereocenters. The third-order valence-corrected chi connectivity index (χ3v) is 4.50. The van der Waals surface area contributed by atoms with Gasteiger partial charge in [0.1, 0.15) is 5.82 Å². The molecule has 116 valence electrons. The van der Waals surface area contributed by atoms with Crippen molar-refractivity contribution in [3.63, 3.8) is 0 Å². The van der Waals surface area contributed by atoms with E-state index in [4.69, 9.17) is 9.47 Å². The van der Waals surface area contributed by atoms with Crippen LogP contribution in [0.1, 0.15) is 11.1 Å². The van der Waals surface area contributed by atoms with E-state index in [0.29, 0.717) is 17.1 Å². The summed E-state index contributed by atoms with van der Waals surface area (Å²) in [4.78, 5) is 0. The number of sulfonamides is 1. The van der Waals surface area contributed by atoms with E-state index in [1.54, 1.807) is 18.2 Å². The van der Waals surface area contributed by atoms with Crippen molar-refractivity contribution < 1.29 is 22.3 Å². The topological polar surface area (TPSA) is 64.6 Å². The molecular formula is C15H14FNO4S. The summed E-state index contributed by atoms with van der Waals surface area (Å²) in [6.07, 6.45) is 0. The smallest absolute Gasteiger partial charge is 0.231 e. The van der Waals surface area contributed by atoms with Gasteiger partial charge in [-0.3, -0.25) is 0 Å². The molecule has 1 aliphatic rings. The zero-order valence-corrected chi connectivity index (χ0v) is 12.4. The van der Waals surface area contributed by atoms with Gasteiger partial charge in [-0.05, 0) is 35.4 Å². The predicted octanol–water partition coefficient (Wildman–Crippen LogP) is 2.17. The van der Waals surface area contributed by atoms with Gasteiger partial charge in [0, 0.05) is 6.54 Å². The predicted molar refractivity (Wildman–Crippen MR) is 78.4 cm³/mol. The summed E-state index contributed by atoms with van der Waals surface area (Å²) in [6.45, 7) is 0.329. The highest BCUT2D eigenvalue weighted by molar-refractivity contribution is 7.88. The Balaban J connectivity index is 1.63. The number of fused-ring (bicyclic) bond motifs is 1. The third kappa shape index (κ3) is 3.55. The first-order valence-electron chi connectivity index (χ1n) is 6.62. The number of halogens is 1. The van der Waals surface area contributed by atoms with Gasteiger partial charge >= 0.3 is 0 Å². The Bertz CT molecular complexity index is 775. The van der Waals surface area contributed by atoms with Gasteiger partial charge in [-0.25, -0.2) is 17.5 Å². The lowest BCUT2D eigenvalue weighted by Gasteiger charge is -2.07. The van der Waals surface area contributed by atoms with Crippen LogP contribution in [0.5, 0.6) is 11.5 Å². The number of rotatable bonds is 5. The first-order chi connectivity index (χ1) is 10.5. The summed E-state index contributed by atoms with van der Waals surface area (Å²) in [5.74, 6) is 0.667. The molecule has 0 amide bonds. The number of nitrogens with one attached hydrogen (secondary N) is 1. The molecule has 0 spiro atoms. The fourth-order valence-corrected chi connectivity index (χ4v) is 3.22. The van der Waals surface area contributed by atoms with Gasteiger partial charge in [-0.2, -0.15) is 0 Å². The fourth-order valence-electron chi connectivity index (χ4n) is 2.10. The van der Waals surface area contributed by atoms with Gasteiger partial charge in [-0.1, -0.05) is 18.2 Å². The zero-order valence-electron chi connectivity index (χ0n) is 11.6. The van der Waals surface area contributed by atoms with Crippen molar-refractivity contribution >= 4 is 10.0 Å². The van der Waals surface area contributed by atoms with Crippen LogP contribution in [0.4, 0.5) is 4.39 Å². The van der Waals surface area contributed by atoms with Gasteiger partial charge in [0.15, 0.2) is 11.5 Å². The SMILES string of the molecule is O=S(=O)(Cc1ccc(F)cc1)NCc1ccc2c(c1)OCO2. The number of hydrogen-bond acceptors (Lipinski definition) is 4. The first kappa shape index (κ1) is 14.8. The van der Waals surface area contributed by atoms with Crippen molar-refractivity contribution in [3.05, 3.63) is 59.4 Å². The highest BCUT2D eigenvalue weighted by Crippen LogP contribution is 2.32. The highest BCUT2D eigenvalue weighted by Gasteiger charge is 2.15. The van der Waals surface area contributed by atoms with E-state index in [-0.39, 0.29) is 19.1 Å². The normalized spacial score (nSPS) is 13.3. The second-order valence-corrected chi connectivity index (χ2v) is 6.70. The quantitative estimate of drug-likeness (QED) is 0.916. The molecule has 1 N–H and O–H groups in total. The number of benzene rings is 2. The van der Waals surface area contributed by atoms with Gasteiger partial charge < -0.3 is 9.47 Å². The number of ether oxygens (including phenoxy) is 2. The summed E-state index contributed by atoms with van der Waals surface area (Å²) < 4.78 is 49.8. The molecule has 0 aliphatic carbocycles. The maximum absolute atomic E-state index is 12.8. The molecule has 2 aromatic rings. The average Bonchev–Trinajstić information content (AvgIpc) is 2.95. The Morgan fingerprint density at radius 2 is 1.68 bits per heavy atom. The van der Waals surface area contributed by atoms with E-state index in [1.165, 1.54) is 24.3 Å². The molecule has 2 aromatic carbocycles. The molecule has 1 aliphatic heterocycles. The molecule has 0 radical (unpaired) electrons. The largest absolute Gasteiger partial charge is 0.454 e. The Morgan fingerprint density at radius 1 is 1.00 bits per heavy atom. The molecule has 1 heterocycles. The van der Waals surface area contributed by atoms with Gasteiger partial charge in [0.05, 0.1) is 5.75 Å². The van der Waals surface area contributed by atoms with Crippen LogP contribution in [-0.2, 0) is 22.3 Å². The molecule has 7 heteroatoms. The van der Waals surface area contributed by atoms with Gasteiger partial charge in [0.25, 0.3) is 0 Å². The molecule has 22 heavy (non-hydrogen) atoms. The molecule has 0 atom stereocenters. The van der Waals surface area contributed by atoms with Crippen molar-refractivity contribution in [2.75, 3.05) is 6.79 Å². The van der Waals surface area contributed by atoms with Crippen LogP contribution < -0.4 is 14.2 Å². The van der Waals surface area contributed by atoms with Crippen molar-refractivity contribution in [2.45, 2.75) is 12.3 Å². The second kappa shape index (κ2) is 5.94. The maximum atomic E-state index is 12.8. The van der Waals surface area contributed by atoms with Crippen LogP contribution >= 0.6 is 0 Å². The lowest BCUT2D eigenvalue weighted by Crippen LogP contribution is -2.24. The van der Waals surface area contributed by atoms with E-state index in [1.807, 2.05) is 0 Å². The summed E-state index contributed by atoms with van der Waals surface area (Å²) in [7, 11) is -3.50. The second-order valence-electron chi connectivity index (χ2n) is 4.89. The van der Waals surface area contributed by atoms with Crippen molar-refractivity contribution in [1.82, 2.24) is 4.72 Å². The monoisotopic (exact) mass is 323 g/mol. The van der Waals surface area contributed by atoms with E-state index < -0.39 is 15.8 Å². The number of hydrogen-bond donors (Lipinski definition) is 1. The van der Waals surface area contributed by atoms with Crippen LogP contribution in [0.25, 0.3) is 0 Å². The van der Waals surface area contributed by atoms with E-state index >= 15 is 0 Å². The van der Waals surface area contributed by atoms with Crippen LogP contribution in [0.3, 0.4) is 0 Å². The van der Waals surface area contributed by atoms with Crippen LogP contribution in [0.15, 0.2) is 42.5 Å². The molecule has 0 bridgehead atoms. The lowest BCUT2D eigenvalue weighted by molar-refractivity contribution is 0.174. The van der Waals surface area contributed by atoms with E-state index in [0.717, 1.165) is 5.56 Å². The van der Waals surface area contributed by atoms with Crippen LogP contribution in [-0.4, -0.2) is 15.2 Å². The summed E-state index contributed by atoms with van der Waals surface area (Å²) in [6, 6.07) is 10.6. The summed E-state index contributed by atoms with van der Waals surface area (Å²) in [5.41, 5.74) is 1.30. The lowest BCUT2D eigenvalue weighted by atomic mass is 10.2. The summed E-state index contributed by atoms with van der Waals surface area (Å²) in [5, 5.41) is 0. The standard InChI is InChI=1S/C15H14FNO4S/c16-13-4-1-11(2-5-13)9-22(18,19)17-8-12-3-6-14-15(7-12)21-10-20-14/h1-7,17H,8-10H2. The maximum Gasteiger partial charge on any atom is 0.231 e. The molecule has 0 saturated carbocycles. The molecule has 0 saturated heterocycles. The van der Waals surface area contributed by atoms with Crippen molar-refractivity contribution in [2.24, 2.45) is 0 Å². The Hall–Kier alpha value is -2.12. The zero-order chi connectivity index (χ0) is 15.6. The fraction of sp³-hybridized carbons (Fsp3) is 0.200. The van der Waals surface area contributed by atoms with Gasteiger partial charge in [0.2, 0.25) is 16.8 Å². The molecule has 0 aromatic heterocycles. The molecule has 3 rings (SSSR count). The Labute approximate surface area is 127 Å². The Kier molecular flexibility index (Phi) is 4.00. The molecular weight excluding hydrogens is 309 g/mol. The van der Waals surface area contributed by atoms with Crippen LogP contribution in [0, 0.1) is 5.82 Å². The van der Waals surface area contributed by atoms with Crippen LogP contribution in [0.2, 0.25) is 0 Å². The minimum Gasteiger partial charge on any atom is -0.454 e. The van der Waals surface area contributed by atoms with E-state index in [2.05, 4.69) is 4.72 Å². The van der Waals surface area contributed by atoms with Gasteiger partial charge in [-0.15, -0.1) is 0 Å². The van der Waals surface area contributed by atoms with Crippen molar-refractivity contribution in [1.29, 1.82) is 0 Å². The van der Waals surface area contributed by atoms with E-state index in [9.17, 15) is 12.8 Å². The third-order valence-electron chi connectivity index (χ3n) is 3.20. The minimum atomic E-state index is -3.50. The first-order valence-corrected chi connectivity index (χ1v) is 8.27. The molecule has 0 fully saturated rings. The summed E-state index contributed by atoms with van der Waals surface area (Å²) >= 11 is 0. The highest BCUT2D eigenvalue weighted by atomic mass is 32.2. The average molecular weight is 323 g/mol. The molecule has 5 nitrogen and oxygen atoms in total. The Morgan fingerprint density at radius 3 is 2.45 bits per heavy atom. The minimum absolute atomic E-state index is 0.153. The van der Waals surface area contributed by atoms with Crippen molar-refractivity contribution in [3.8, 4) is 11.5 Å².